The summed E-state index contributed by atoms with van der Waals surface area (Å²) >= 11 is 6.78. The van der Waals surface area contributed by atoms with Gasteiger partial charge in [0.15, 0.2) is 0 Å². The number of benzene rings is 2. The molecule has 2 aromatic carbocycles. The van der Waals surface area contributed by atoms with Crippen molar-refractivity contribution in [3.05, 3.63) is 56.5 Å². The number of carbonyl (C=O) groups is 1. The summed E-state index contributed by atoms with van der Waals surface area (Å²) in [4.78, 5) is 12.5. The number of halogens is 2. The van der Waals surface area contributed by atoms with Crippen molar-refractivity contribution in [3.8, 4) is 17.6 Å². The fourth-order valence-electron chi connectivity index (χ4n) is 2.14. The van der Waals surface area contributed by atoms with E-state index >= 15 is 0 Å². The van der Waals surface area contributed by atoms with Gasteiger partial charge in [0.05, 0.1) is 24.4 Å². The summed E-state index contributed by atoms with van der Waals surface area (Å²) in [5, 5.41) is 12.1. The first kappa shape index (κ1) is 19.0. The Kier molecular flexibility index (Phi) is 6.62. The minimum atomic E-state index is -0.537. The molecule has 0 aliphatic heterocycles. The average Bonchev–Trinajstić information content (AvgIpc) is 2.59. The maximum Gasteiger partial charge on any atom is 0.266 e. The molecule has 2 aromatic rings. The summed E-state index contributed by atoms with van der Waals surface area (Å²) in [6.07, 6.45) is 1.47. The van der Waals surface area contributed by atoms with Crippen LogP contribution in [0.25, 0.3) is 6.08 Å². The number of rotatable bonds is 5. The molecule has 1 N–H and O–H groups in total. The number of hydrogen-bond donors (Lipinski definition) is 1. The van der Waals surface area contributed by atoms with E-state index in [-0.39, 0.29) is 5.57 Å². The molecule has 0 aliphatic rings. The molecule has 1 amide bonds. The Bertz CT molecular complexity index is 873. The Labute approximate surface area is 162 Å². The van der Waals surface area contributed by atoms with Crippen LogP contribution in [0.15, 0.2) is 50.9 Å². The summed E-state index contributed by atoms with van der Waals surface area (Å²) in [5.74, 6) is 0.502. The third-order valence-electron chi connectivity index (χ3n) is 3.26. The van der Waals surface area contributed by atoms with E-state index in [1.54, 1.807) is 30.3 Å². The summed E-state index contributed by atoms with van der Waals surface area (Å²) < 4.78 is 12.0. The first-order chi connectivity index (χ1) is 12.0. The lowest BCUT2D eigenvalue weighted by molar-refractivity contribution is -0.112. The van der Waals surface area contributed by atoms with E-state index in [0.29, 0.717) is 27.2 Å². The monoisotopic (exact) mass is 464 g/mol. The third kappa shape index (κ3) is 4.62. The highest BCUT2D eigenvalue weighted by Crippen LogP contribution is 2.34. The van der Waals surface area contributed by atoms with Gasteiger partial charge >= 0.3 is 0 Å². The molecule has 0 aliphatic carbocycles. The number of carbonyl (C=O) groups excluding carboxylic acids is 1. The third-order valence-corrected chi connectivity index (χ3v) is 4.31. The Hall–Kier alpha value is -2.30. The number of anilines is 1. The molecule has 128 valence electrons. The van der Waals surface area contributed by atoms with Crippen molar-refractivity contribution in [1.29, 1.82) is 5.26 Å². The number of methoxy groups -OCH3 is 2. The van der Waals surface area contributed by atoms with E-state index in [9.17, 15) is 10.1 Å². The number of nitriles is 1. The van der Waals surface area contributed by atoms with Crippen LogP contribution >= 0.6 is 31.9 Å². The van der Waals surface area contributed by atoms with Crippen LogP contribution in [0.5, 0.6) is 11.5 Å². The smallest absolute Gasteiger partial charge is 0.266 e. The molecular formula is C18H14Br2N2O3. The quantitative estimate of drug-likeness (QED) is 0.509. The second-order valence-electron chi connectivity index (χ2n) is 4.83. The van der Waals surface area contributed by atoms with E-state index < -0.39 is 5.91 Å². The Morgan fingerprint density at radius 1 is 1.20 bits per heavy atom. The minimum absolute atomic E-state index is 0.0609. The lowest BCUT2D eigenvalue weighted by Crippen LogP contribution is -2.14. The van der Waals surface area contributed by atoms with Crippen LogP contribution in [0.1, 0.15) is 5.56 Å². The first-order valence-electron chi connectivity index (χ1n) is 7.09. The normalized spacial score (nSPS) is 10.8. The molecule has 2 rings (SSSR count). The van der Waals surface area contributed by atoms with Crippen molar-refractivity contribution >= 4 is 49.5 Å². The highest BCUT2D eigenvalue weighted by atomic mass is 79.9. The van der Waals surface area contributed by atoms with E-state index in [0.717, 1.165) is 4.47 Å². The number of amides is 1. The molecule has 0 atom stereocenters. The molecular weight excluding hydrogens is 452 g/mol. The number of nitrogens with one attached hydrogen (secondary N) is 1. The van der Waals surface area contributed by atoms with Gasteiger partial charge in [-0.1, -0.05) is 28.1 Å². The zero-order valence-corrected chi connectivity index (χ0v) is 16.6. The number of nitrogens with zero attached hydrogens (tertiary/aromatic N) is 1. The van der Waals surface area contributed by atoms with Gasteiger partial charge in [0, 0.05) is 10.0 Å². The molecule has 0 saturated carbocycles. The molecule has 0 unspecified atom stereocenters. The molecule has 0 radical (unpaired) electrons. The van der Waals surface area contributed by atoms with Crippen LogP contribution in [-0.2, 0) is 4.79 Å². The fourth-order valence-corrected chi connectivity index (χ4v) is 3.56. The molecule has 5 nitrogen and oxygen atoms in total. The molecule has 0 spiro atoms. The molecule has 0 fully saturated rings. The van der Waals surface area contributed by atoms with Crippen molar-refractivity contribution in [3.63, 3.8) is 0 Å². The Morgan fingerprint density at radius 2 is 1.92 bits per heavy atom. The standard InChI is InChI=1S/C18H14Br2N2O3/c1-24-16-6-4-3-5-15(16)22-18(23)12(10-21)7-11-8-13(19)9-14(20)17(11)25-2/h3-9H,1-2H3,(H,22,23)/b12-7+. The molecule has 7 heteroatoms. The highest BCUT2D eigenvalue weighted by Gasteiger charge is 2.15. The summed E-state index contributed by atoms with van der Waals surface area (Å²) in [6, 6.07) is 12.5. The van der Waals surface area contributed by atoms with Gasteiger partial charge in [-0.25, -0.2) is 0 Å². The number of para-hydroxylation sites is 2. The van der Waals surface area contributed by atoms with Gasteiger partial charge in [0.1, 0.15) is 23.1 Å². The van der Waals surface area contributed by atoms with Crippen molar-refractivity contribution in [2.24, 2.45) is 0 Å². The second kappa shape index (κ2) is 8.70. The first-order valence-corrected chi connectivity index (χ1v) is 8.68. The van der Waals surface area contributed by atoms with Crippen molar-refractivity contribution in [1.82, 2.24) is 0 Å². The predicted octanol–water partition coefficient (Wildman–Crippen LogP) is 4.77. The van der Waals surface area contributed by atoms with Crippen molar-refractivity contribution in [2.75, 3.05) is 19.5 Å². The maximum atomic E-state index is 12.5. The lowest BCUT2D eigenvalue weighted by Gasteiger charge is -2.11. The van der Waals surface area contributed by atoms with Crippen LogP contribution in [0, 0.1) is 11.3 Å². The van der Waals surface area contributed by atoms with Gasteiger partial charge < -0.3 is 14.8 Å². The van der Waals surface area contributed by atoms with Crippen LogP contribution < -0.4 is 14.8 Å². The van der Waals surface area contributed by atoms with Gasteiger partial charge in [0.2, 0.25) is 0 Å². The van der Waals surface area contributed by atoms with E-state index in [1.165, 1.54) is 20.3 Å². The zero-order valence-electron chi connectivity index (χ0n) is 13.5. The molecule has 0 bridgehead atoms. The van der Waals surface area contributed by atoms with Crippen molar-refractivity contribution in [2.45, 2.75) is 0 Å². The van der Waals surface area contributed by atoms with E-state index in [1.807, 2.05) is 12.1 Å². The largest absolute Gasteiger partial charge is 0.495 e. The highest BCUT2D eigenvalue weighted by molar-refractivity contribution is 9.11. The number of hydrogen-bond acceptors (Lipinski definition) is 4. The second-order valence-corrected chi connectivity index (χ2v) is 6.60. The topological polar surface area (TPSA) is 71.3 Å². The van der Waals surface area contributed by atoms with Crippen LogP contribution in [0.3, 0.4) is 0 Å². The Morgan fingerprint density at radius 3 is 2.56 bits per heavy atom. The molecule has 0 saturated heterocycles. The lowest BCUT2D eigenvalue weighted by atomic mass is 10.1. The SMILES string of the molecule is COc1ccccc1NC(=O)/C(C#N)=C/c1cc(Br)cc(Br)c1OC. The Balaban J connectivity index is 2.38. The molecule has 0 heterocycles. The van der Waals surface area contributed by atoms with Gasteiger partial charge in [-0.15, -0.1) is 0 Å². The fraction of sp³-hybridized carbons (Fsp3) is 0.111. The number of ether oxygens (including phenoxy) is 2. The zero-order chi connectivity index (χ0) is 18.4. The van der Waals surface area contributed by atoms with Crippen molar-refractivity contribution < 1.29 is 14.3 Å². The minimum Gasteiger partial charge on any atom is -0.495 e. The summed E-state index contributed by atoms with van der Waals surface area (Å²) in [6.45, 7) is 0. The predicted molar refractivity (Wildman–Crippen MR) is 104 cm³/mol. The molecule has 0 aromatic heterocycles. The van der Waals surface area contributed by atoms with Crippen LogP contribution in [-0.4, -0.2) is 20.1 Å². The summed E-state index contributed by atoms with van der Waals surface area (Å²) in [7, 11) is 3.03. The summed E-state index contributed by atoms with van der Waals surface area (Å²) in [5.41, 5.74) is 1.02. The van der Waals surface area contributed by atoms with Crippen LogP contribution in [0.2, 0.25) is 0 Å². The van der Waals surface area contributed by atoms with E-state index in [2.05, 4.69) is 37.2 Å². The van der Waals surface area contributed by atoms with Gasteiger partial charge in [-0.2, -0.15) is 5.26 Å². The average molecular weight is 466 g/mol. The van der Waals surface area contributed by atoms with Gasteiger partial charge in [-0.3, -0.25) is 4.79 Å². The van der Waals surface area contributed by atoms with E-state index in [4.69, 9.17) is 9.47 Å². The van der Waals surface area contributed by atoms with Gasteiger partial charge in [0.25, 0.3) is 5.91 Å². The van der Waals surface area contributed by atoms with Crippen LogP contribution in [0.4, 0.5) is 5.69 Å². The molecule has 25 heavy (non-hydrogen) atoms. The maximum absolute atomic E-state index is 12.5. The van der Waals surface area contributed by atoms with Gasteiger partial charge in [-0.05, 0) is 46.3 Å².